The number of para-hydroxylation sites is 3. The number of carbonyl (C=O) groups is 1. The average Bonchev–Trinajstić information content (AvgIpc) is 3.08. The highest BCUT2D eigenvalue weighted by atomic mass is 16.5. The fourth-order valence-corrected chi connectivity index (χ4v) is 4.31. The van der Waals surface area contributed by atoms with Gasteiger partial charge in [-0.15, -0.1) is 0 Å². The number of benzene rings is 2. The first-order chi connectivity index (χ1) is 13.6. The predicted octanol–water partition coefficient (Wildman–Crippen LogP) is 3.94. The largest absolute Gasteiger partial charge is 0.495 e. The number of amides is 1. The van der Waals surface area contributed by atoms with Crippen molar-refractivity contribution in [3.63, 3.8) is 0 Å². The first-order valence-electron chi connectivity index (χ1n) is 9.84. The van der Waals surface area contributed by atoms with E-state index in [1.165, 1.54) is 0 Å². The molecule has 0 bridgehead atoms. The number of piperazine rings is 1. The number of hydrogen-bond acceptors (Lipinski definition) is 3. The molecule has 1 fully saturated rings. The van der Waals surface area contributed by atoms with Crippen LogP contribution in [0.5, 0.6) is 5.75 Å². The Morgan fingerprint density at radius 3 is 2.46 bits per heavy atom. The van der Waals surface area contributed by atoms with Gasteiger partial charge in [0.25, 0.3) is 0 Å². The molecule has 3 aromatic rings. The maximum atomic E-state index is 13.2. The third-order valence-electron chi connectivity index (χ3n) is 5.76. The van der Waals surface area contributed by atoms with Crippen molar-refractivity contribution in [1.82, 2.24) is 9.88 Å². The maximum Gasteiger partial charge on any atom is 0.230 e. The monoisotopic (exact) mass is 377 g/mol. The third-order valence-corrected chi connectivity index (χ3v) is 5.76. The molecule has 4 rings (SSSR count). The molecule has 1 unspecified atom stereocenters. The van der Waals surface area contributed by atoms with Gasteiger partial charge in [-0.05, 0) is 37.6 Å². The second-order valence-corrected chi connectivity index (χ2v) is 7.42. The fraction of sp³-hybridized carbons (Fsp3) is 0.348. The normalized spacial score (nSPS) is 15.7. The van der Waals surface area contributed by atoms with E-state index in [2.05, 4.69) is 35.0 Å². The minimum atomic E-state index is -0.158. The van der Waals surface area contributed by atoms with E-state index >= 15 is 0 Å². The summed E-state index contributed by atoms with van der Waals surface area (Å²) in [6.07, 6.45) is 0. The lowest BCUT2D eigenvalue weighted by Crippen LogP contribution is -2.50. The van der Waals surface area contributed by atoms with Crippen molar-refractivity contribution in [2.45, 2.75) is 19.8 Å². The Bertz CT molecular complexity index is 986. The second kappa shape index (κ2) is 7.58. The van der Waals surface area contributed by atoms with Gasteiger partial charge in [-0.3, -0.25) is 4.79 Å². The van der Waals surface area contributed by atoms with Gasteiger partial charge >= 0.3 is 0 Å². The first-order valence-corrected chi connectivity index (χ1v) is 9.84. The van der Waals surface area contributed by atoms with Crippen LogP contribution in [0.3, 0.4) is 0 Å². The standard InChI is InChI=1S/C23H27N3O2/c1-16(22-17(2)24-19-9-5-4-8-18(19)22)23(27)26-14-12-25(13-15-26)20-10-6-7-11-21(20)28-3/h4-11,16,24H,12-15H2,1-3H3. The number of carbonyl (C=O) groups excluding carboxylic acids is 1. The molecule has 1 N–H and O–H groups in total. The van der Waals surface area contributed by atoms with Crippen molar-refractivity contribution in [3.8, 4) is 5.75 Å². The topological polar surface area (TPSA) is 48.6 Å². The van der Waals surface area contributed by atoms with E-state index in [1.54, 1.807) is 7.11 Å². The van der Waals surface area contributed by atoms with Crippen molar-refractivity contribution in [2.24, 2.45) is 0 Å². The van der Waals surface area contributed by atoms with Crippen LogP contribution in [0.1, 0.15) is 24.1 Å². The Hall–Kier alpha value is -2.95. The highest BCUT2D eigenvalue weighted by Crippen LogP contribution is 2.32. The van der Waals surface area contributed by atoms with Crippen LogP contribution in [0.4, 0.5) is 5.69 Å². The molecule has 1 saturated heterocycles. The Balaban J connectivity index is 1.48. The minimum Gasteiger partial charge on any atom is -0.495 e. The lowest BCUT2D eigenvalue weighted by atomic mass is 9.96. The Morgan fingerprint density at radius 2 is 1.71 bits per heavy atom. The Labute approximate surface area is 165 Å². The van der Waals surface area contributed by atoms with Gasteiger partial charge in [-0.25, -0.2) is 0 Å². The quantitative estimate of drug-likeness (QED) is 0.749. The lowest BCUT2D eigenvalue weighted by Gasteiger charge is -2.37. The fourth-order valence-electron chi connectivity index (χ4n) is 4.31. The highest BCUT2D eigenvalue weighted by Gasteiger charge is 2.29. The molecule has 1 aliphatic heterocycles. The summed E-state index contributed by atoms with van der Waals surface area (Å²) in [7, 11) is 1.70. The molecule has 0 aliphatic carbocycles. The number of rotatable bonds is 4. The summed E-state index contributed by atoms with van der Waals surface area (Å²) in [6, 6.07) is 16.3. The van der Waals surface area contributed by atoms with Gasteiger partial charge in [0.15, 0.2) is 0 Å². The number of aromatic amines is 1. The number of aryl methyl sites for hydroxylation is 1. The summed E-state index contributed by atoms with van der Waals surface area (Å²) < 4.78 is 5.49. The summed E-state index contributed by atoms with van der Waals surface area (Å²) in [5.74, 6) is 0.923. The van der Waals surface area contributed by atoms with Crippen LogP contribution in [0, 0.1) is 6.92 Å². The summed E-state index contributed by atoms with van der Waals surface area (Å²) in [6.45, 7) is 7.15. The number of anilines is 1. The lowest BCUT2D eigenvalue weighted by molar-refractivity contribution is -0.132. The first kappa shape index (κ1) is 18.4. The van der Waals surface area contributed by atoms with Crippen molar-refractivity contribution >= 4 is 22.5 Å². The Kier molecular flexibility index (Phi) is 4.99. The molecule has 0 saturated carbocycles. The third kappa shape index (κ3) is 3.21. The molecule has 5 nitrogen and oxygen atoms in total. The highest BCUT2D eigenvalue weighted by molar-refractivity contribution is 5.93. The molecule has 28 heavy (non-hydrogen) atoms. The van der Waals surface area contributed by atoms with Crippen molar-refractivity contribution in [3.05, 3.63) is 59.8 Å². The van der Waals surface area contributed by atoms with Crippen molar-refractivity contribution in [2.75, 3.05) is 38.2 Å². The van der Waals surface area contributed by atoms with Gasteiger partial charge in [0.05, 0.1) is 18.7 Å². The van der Waals surface area contributed by atoms with Crippen LogP contribution in [0.2, 0.25) is 0 Å². The zero-order valence-electron chi connectivity index (χ0n) is 16.7. The summed E-state index contributed by atoms with van der Waals surface area (Å²) >= 11 is 0. The summed E-state index contributed by atoms with van der Waals surface area (Å²) in [4.78, 5) is 20.9. The van der Waals surface area contributed by atoms with Gasteiger partial charge in [0.1, 0.15) is 5.75 Å². The van der Waals surface area contributed by atoms with E-state index in [1.807, 2.05) is 42.2 Å². The molecule has 1 atom stereocenters. The molecule has 2 aromatic carbocycles. The van der Waals surface area contributed by atoms with Crippen LogP contribution < -0.4 is 9.64 Å². The number of hydrogen-bond donors (Lipinski definition) is 1. The molecule has 1 amide bonds. The zero-order chi connectivity index (χ0) is 19.7. The van der Waals surface area contributed by atoms with E-state index in [4.69, 9.17) is 4.74 Å². The molecule has 5 heteroatoms. The molecular weight excluding hydrogens is 350 g/mol. The number of nitrogens with one attached hydrogen (secondary N) is 1. The Morgan fingerprint density at radius 1 is 1.04 bits per heavy atom. The molecular formula is C23H27N3O2. The predicted molar refractivity (Wildman–Crippen MR) is 113 cm³/mol. The second-order valence-electron chi connectivity index (χ2n) is 7.42. The number of aromatic nitrogens is 1. The van der Waals surface area contributed by atoms with E-state index in [9.17, 15) is 4.79 Å². The van der Waals surface area contributed by atoms with Gasteiger partial charge in [0, 0.05) is 42.8 Å². The average molecular weight is 377 g/mol. The molecule has 1 aromatic heterocycles. The smallest absolute Gasteiger partial charge is 0.230 e. The van der Waals surface area contributed by atoms with Crippen LogP contribution in [0.25, 0.3) is 10.9 Å². The number of fused-ring (bicyclic) bond motifs is 1. The van der Waals surface area contributed by atoms with E-state index in [0.29, 0.717) is 0 Å². The SMILES string of the molecule is COc1ccccc1N1CCN(C(=O)C(C)c2c(C)[nH]c3ccccc23)CC1. The minimum absolute atomic E-state index is 0.158. The number of H-pyrrole nitrogens is 1. The van der Waals surface area contributed by atoms with E-state index in [0.717, 1.165) is 59.8 Å². The van der Waals surface area contributed by atoms with Gasteiger partial charge in [0.2, 0.25) is 5.91 Å². The van der Waals surface area contributed by atoms with Gasteiger partial charge < -0.3 is 19.5 Å². The maximum absolute atomic E-state index is 13.2. The summed E-state index contributed by atoms with van der Waals surface area (Å²) in [5.41, 5.74) is 4.38. The molecule has 0 spiro atoms. The summed E-state index contributed by atoms with van der Waals surface area (Å²) in [5, 5.41) is 1.15. The van der Waals surface area contributed by atoms with E-state index < -0.39 is 0 Å². The van der Waals surface area contributed by atoms with Crippen molar-refractivity contribution in [1.29, 1.82) is 0 Å². The molecule has 0 radical (unpaired) electrons. The molecule has 146 valence electrons. The van der Waals surface area contributed by atoms with Crippen LogP contribution in [0.15, 0.2) is 48.5 Å². The van der Waals surface area contributed by atoms with Crippen LogP contribution in [-0.4, -0.2) is 49.1 Å². The zero-order valence-corrected chi connectivity index (χ0v) is 16.7. The van der Waals surface area contributed by atoms with Crippen LogP contribution in [-0.2, 0) is 4.79 Å². The van der Waals surface area contributed by atoms with Gasteiger partial charge in [-0.1, -0.05) is 30.3 Å². The number of nitrogens with zero attached hydrogens (tertiary/aromatic N) is 2. The van der Waals surface area contributed by atoms with Crippen molar-refractivity contribution < 1.29 is 9.53 Å². The number of methoxy groups -OCH3 is 1. The van der Waals surface area contributed by atoms with Gasteiger partial charge in [-0.2, -0.15) is 0 Å². The number of ether oxygens (including phenoxy) is 1. The van der Waals surface area contributed by atoms with Crippen LogP contribution >= 0.6 is 0 Å². The molecule has 1 aliphatic rings. The van der Waals surface area contributed by atoms with E-state index in [-0.39, 0.29) is 11.8 Å². The molecule has 2 heterocycles.